The maximum absolute atomic E-state index is 11.7. The van der Waals surface area contributed by atoms with Gasteiger partial charge in [-0.2, -0.15) is 0 Å². The van der Waals surface area contributed by atoms with Crippen LogP contribution in [-0.2, 0) is 0 Å². The van der Waals surface area contributed by atoms with E-state index < -0.39 is 5.54 Å². The number of benzene rings is 1. The zero-order chi connectivity index (χ0) is 14.3. The predicted molar refractivity (Wildman–Crippen MR) is 75.5 cm³/mol. The molecule has 1 rings (SSSR count). The van der Waals surface area contributed by atoms with Gasteiger partial charge in [0.2, 0.25) is 0 Å². The Kier molecular flexibility index (Phi) is 5.38. The molecule has 0 spiro atoms. The molecule has 1 aromatic carbocycles. The summed E-state index contributed by atoms with van der Waals surface area (Å²) < 4.78 is 5.37. The molecule has 0 atom stereocenters. The molecular formula is C14H20N2O3. The van der Waals surface area contributed by atoms with Gasteiger partial charge in [-0.3, -0.25) is 0 Å². The van der Waals surface area contributed by atoms with E-state index in [9.17, 15) is 4.79 Å². The fourth-order valence-corrected chi connectivity index (χ4v) is 1.33. The minimum Gasteiger partial charge on any atom is -0.489 e. The number of ether oxygens (including phenoxy) is 1. The van der Waals surface area contributed by atoms with Crippen molar-refractivity contribution >= 4 is 11.7 Å². The Labute approximate surface area is 113 Å². The number of rotatable bonds is 6. The first-order valence-corrected chi connectivity index (χ1v) is 6.00. The Morgan fingerprint density at radius 1 is 1.53 bits per heavy atom. The Balaban J connectivity index is 2.61. The molecule has 0 radical (unpaired) electrons. The summed E-state index contributed by atoms with van der Waals surface area (Å²) in [5, 5.41) is 14.4. The maximum Gasteiger partial charge on any atom is 0.319 e. The van der Waals surface area contributed by atoms with Crippen molar-refractivity contribution < 1.29 is 14.6 Å². The zero-order valence-electron chi connectivity index (χ0n) is 11.3. The molecule has 0 bridgehead atoms. The van der Waals surface area contributed by atoms with E-state index in [1.807, 2.05) is 0 Å². The van der Waals surface area contributed by atoms with Crippen LogP contribution >= 0.6 is 0 Å². The number of amides is 2. The van der Waals surface area contributed by atoms with Crippen molar-refractivity contribution in [3.63, 3.8) is 0 Å². The summed E-state index contributed by atoms with van der Waals surface area (Å²) in [6.45, 7) is 7.31. The molecule has 0 aromatic heterocycles. The highest BCUT2D eigenvalue weighted by atomic mass is 16.5. The van der Waals surface area contributed by atoms with Crippen LogP contribution in [0.5, 0.6) is 5.75 Å². The second kappa shape index (κ2) is 6.80. The summed E-state index contributed by atoms with van der Waals surface area (Å²) >= 11 is 0. The van der Waals surface area contributed by atoms with Crippen molar-refractivity contribution in [1.29, 1.82) is 0 Å². The molecule has 1 aromatic rings. The average Bonchev–Trinajstić information content (AvgIpc) is 2.36. The lowest BCUT2D eigenvalue weighted by Gasteiger charge is -2.23. The van der Waals surface area contributed by atoms with Gasteiger partial charge < -0.3 is 20.5 Å². The quantitative estimate of drug-likeness (QED) is 0.689. The number of nitrogens with one attached hydrogen (secondary N) is 2. The SMILES string of the molecule is C=CCOc1cccc(NC(=O)NC(C)(C)CO)c1. The number of hydrogen-bond donors (Lipinski definition) is 3. The van der Waals surface area contributed by atoms with Crippen molar-refractivity contribution in [2.24, 2.45) is 0 Å². The lowest BCUT2D eigenvalue weighted by molar-refractivity contribution is 0.187. The third-order valence-electron chi connectivity index (χ3n) is 2.31. The van der Waals surface area contributed by atoms with Gasteiger partial charge in [0.25, 0.3) is 0 Å². The lowest BCUT2D eigenvalue weighted by Crippen LogP contribution is -2.48. The maximum atomic E-state index is 11.7. The van der Waals surface area contributed by atoms with Gasteiger partial charge >= 0.3 is 6.03 Å². The van der Waals surface area contributed by atoms with E-state index in [-0.39, 0.29) is 12.6 Å². The van der Waals surface area contributed by atoms with Crippen LogP contribution < -0.4 is 15.4 Å². The smallest absolute Gasteiger partial charge is 0.319 e. The third kappa shape index (κ3) is 5.44. The van der Waals surface area contributed by atoms with Crippen molar-refractivity contribution in [3.8, 4) is 5.75 Å². The minimum atomic E-state index is -0.666. The Morgan fingerprint density at radius 3 is 2.89 bits per heavy atom. The predicted octanol–water partition coefficient (Wildman–Crippen LogP) is 2.14. The van der Waals surface area contributed by atoms with Gasteiger partial charge in [-0.15, -0.1) is 0 Å². The summed E-state index contributed by atoms with van der Waals surface area (Å²) in [7, 11) is 0. The molecule has 0 aliphatic carbocycles. The van der Waals surface area contributed by atoms with Gasteiger partial charge in [0.05, 0.1) is 12.1 Å². The number of anilines is 1. The molecule has 0 aliphatic rings. The first-order valence-electron chi connectivity index (χ1n) is 6.00. The van der Waals surface area contributed by atoms with Crippen LogP contribution in [0.2, 0.25) is 0 Å². The standard InChI is InChI=1S/C14H20N2O3/c1-4-8-19-12-7-5-6-11(9-12)15-13(18)16-14(2,3)10-17/h4-7,9,17H,1,8,10H2,2-3H3,(H2,15,16,18). The fourth-order valence-electron chi connectivity index (χ4n) is 1.33. The van der Waals surface area contributed by atoms with Crippen LogP contribution in [0.15, 0.2) is 36.9 Å². The average molecular weight is 264 g/mol. The molecule has 5 heteroatoms. The first kappa shape index (κ1) is 15.0. The van der Waals surface area contributed by atoms with E-state index in [1.54, 1.807) is 44.2 Å². The van der Waals surface area contributed by atoms with Crippen molar-refractivity contribution in [2.75, 3.05) is 18.5 Å². The number of hydrogen-bond acceptors (Lipinski definition) is 3. The number of urea groups is 1. The highest BCUT2D eigenvalue weighted by Crippen LogP contribution is 2.17. The normalized spacial score (nSPS) is 10.7. The van der Waals surface area contributed by atoms with Crippen LogP contribution in [-0.4, -0.2) is 29.9 Å². The Bertz CT molecular complexity index is 444. The first-order chi connectivity index (χ1) is 8.96. The molecule has 0 saturated heterocycles. The van der Waals surface area contributed by atoms with E-state index in [2.05, 4.69) is 17.2 Å². The van der Waals surface area contributed by atoms with Gasteiger partial charge in [-0.25, -0.2) is 4.79 Å². The van der Waals surface area contributed by atoms with Crippen molar-refractivity contribution in [2.45, 2.75) is 19.4 Å². The summed E-state index contributed by atoms with van der Waals surface area (Å²) in [6, 6.07) is 6.68. The van der Waals surface area contributed by atoms with Crippen LogP contribution in [0, 0.1) is 0 Å². The van der Waals surface area contributed by atoms with E-state index >= 15 is 0 Å². The zero-order valence-corrected chi connectivity index (χ0v) is 11.3. The fraction of sp³-hybridized carbons (Fsp3) is 0.357. The molecule has 104 valence electrons. The molecule has 19 heavy (non-hydrogen) atoms. The highest BCUT2D eigenvalue weighted by molar-refractivity contribution is 5.89. The molecule has 0 heterocycles. The van der Waals surface area contributed by atoms with Crippen LogP contribution in [0.25, 0.3) is 0 Å². The molecule has 0 unspecified atom stereocenters. The third-order valence-corrected chi connectivity index (χ3v) is 2.31. The number of aliphatic hydroxyl groups excluding tert-OH is 1. The second-order valence-electron chi connectivity index (χ2n) is 4.75. The largest absolute Gasteiger partial charge is 0.489 e. The topological polar surface area (TPSA) is 70.6 Å². The van der Waals surface area contributed by atoms with Gasteiger partial charge in [-0.05, 0) is 26.0 Å². The van der Waals surface area contributed by atoms with Crippen molar-refractivity contribution in [1.82, 2.24) is 5.32 Å². The summed E-state index contributed by atoms with van der Waals surface area (Å²) in [5.41, 5.74) is -0.0473. The Morgan fingerprint density at radius 2 is 2.26 bits per heavy atom. The molecule has 0 saturated carbocycles. The van der Waals surface area contributed by atoms with Crippen LogP contribution in [0.4, 0.5) is 10.5 Å². The van der Waals surface area contributed by atoms with Crippen molar-refractivity contribution in [3.05, 3.63) is 36.9 Å². The summed E-state index contributed by atoms with van der Waals surface area (Å²) in [5.74, 6) is 0.652. The minimum absolute atomic E-state index is 0.136. The highest BCUT2D eigenvalue weighted by Gasteiger charge is 2.18. The molecule has 5 nitrogen and oxygen atoms in total. The monoisotopic (exact) mass is 264 g/mol. The van der Waals surface area contributed by atoms with Crippen LogP contribution in [0.1, 0.15) is 13.8 Å². The molecule has 0 fully saturated rings. The number of aliphatic hydroxyl groups is 1. The van der Waals surface area contributed by atoms with E-state index in [4.69, 9.17) is 9.84 Å². The van der Waals surface area contributed by atoms with Gasteiger partial charge in [0.15, 0.2) is 0 Å². The lowest BCUT2D eigenvalue weighted by atomic mass is 10.1. The molecule has 2 amide bonds. The molecular weight excluding hydrogens is 244 g/mol. The second-order valence-corrected chi connectivity index (χ2v) is 4.75. The van der Waals surface area contributed by atoms with E-state index in [0.717, 1.165) is 0 Å². The van der Waals surface area contributed by atoms with Gasteiger partial charge in [0.1, 0.15) is 12.4 Å². The molecule has 3 N–H and O–H groups in total. The van der Waals surface area contributed by atoms with E-state index in [0.29, 0.717) is 18.0 Å². The van der Waals surface area contributed by atoms with Crippen LogP contribution in [0.3, 0.4) is 0 Å². The number of carbonyl (C=O) groups is 1. The number of carbonyl (C=O) groups excluding carboxylic acids is 1. The summed E-state index contributed by atoms with van der Waals surface area (Å²) in [4.78, 5) is 11.7. The van der Waals surface area contributed by atoms with Gasteiger partial charge in [-0.1, -0.05) is 18.7 Å². The summed E-state index contributed by atoms with van der Waals surface area (Å²) in [6.07, 6.45) is 1.65. The molecule has 0 aliphatic heterocycles. The van der Waals surface area contributed by atoms with Gasteiger partial charge in [0, 0.05) is 11.8 Å². The van der Waals surface area contributed by atoms with E-state index in [1.165, 1.54) is 0 Å². The Hall–Kier alpha value is -2.01.